The van der Waals surface area contributed by atoms with Gasteiger partial charge in [0.15, 0.2) is 0 Å². The number of aliphatic hydroxyl groups excluding tert-OH is 1. The number of sulfonamides is 1. The molecule has 20 heavy (non-hydrogen) atoms. The minimum atomic E-state index is -3.41. The molecule has 1 saturated carbocycles. The van der Waals surface area contributed by atoms with E-state index in [2.05, 4.69) is 4.72 Å². The number of rotatable bonds is 7. The second kappa shape index (κ2) is 7.20. The Morgan fingerprint density at radius 3 is 2.40 bits per heavy atom. The fraction of sp³-hybridized carbons (Fsp3) is 0.600. The van der Waals surface area contributed by atoms with Gasteiger partial charge in [-0.15, -0.1) is 0 Å². The van der Waals surface area contributed by atoms with Gasteiger partial charge in [-0.05, 0) is 36.5 Å². The van der Waals surface area contributed by atoms with Crippen molar-refractivity contribution in [3.05, 3.63) is 29.8 Å². The van der Waals surface area contributed by atoms with Gasteiger partial charge in [-0.25, -0.2) is 13.1 Å². The van der Waals surface area contributed by atoms with Crippen LogP contribution in [0.4, 0.5) is 0 Å². The fourth-order valence-electron chi connectivity index (χ4n) is 2.75. The zero-order valence-corrected chi connectivity index (χ0v) is 12.5. The van der Waals surface area contributed by atoms with Crippen LogP contribution in [0, 0.1) is 5.92 Å². The quantitative estimate of drug-likeness (QED) is 0.760. The Kier molecular flexibility index (Phi) is 5.57. The molecule has 1 aliphatic carbocycles. The second-order valence-corrected chi connectivity index (χ2v) is 7.26. The topological polar surface area (TPSA) is 66.4 Å². The molecule has 0 amide bonds. The summed E-state index contributed by atoms with van der Waals surface area (Å²) in [6.45, 7) is 0.426. The summed E-state index contributed by atoms with van der Waals surface area (Å²) in [4.78, 5) is 0.260. The van der Waals surface area contributed by atoms with E-state index in [1.54, 1.807) is 12.1 Å². The summed E-state index contributed by atoms with van der Waals surface area (Å²) in [6.07, 6.45) is 7.27. The first kappa shape index (κ1) is 15.5. The van der Waals surface area contributed by atoms with Gasteiger partial charge >= 0.3 is 0 Å². The molecule has 5 heteroatoms. The summed E-state index contributed by atoms with van der Waals surface area (Å²) in [7, 11) is -3.41. The van der Waals surface area contributed by atoms with Crippen LogP contribution in [-0.4, -0.2) is 20.1 Å². The molecule has 1 fully saturated rings. The van der Waals surface area contributed by atoms with Gasteiger partial charge in [0.1, 0.15) is 0 Å². The maximum absolute atomic E-state index is 12.1. The molecule has 1 aromatic rings. The zero-order valence-electron chi connectivity index (χ0n) is 11.7. The van der Waals surface area contributed by atoms with E-state index in [0.29, 0.717) is 12.1 Å². The third kappa shape index (κ3) is 4.30. The van der Waals surface area contributed by atoms with Crippen molar-refractivity contribution in [3.8, 4) is 0 Å². The molecule has 0 heterocycles. The predicted molar refractivity (Wildman–Crippen MR) is 78.7 cm³/mol. The summed E-state index contributed by atoms with van der Waals surface area (Å²) in [5.41, 5.74) is 0.713. The summed E-state index contributed by atoms with van der Waals surface area (Å²) < 4.78 is 26.8. The highest BCUT2D eigenvalue weighted by atomic mass is 32.2. The molecule has 0 atom stereocenters. The lowest BCUT2D eigenvalue weighted by atomic mass is 10.0. The van der Waals surface area contributed by atoms with Crippen molar-refractivity contribution in [1.82, 2.24) is 4.72 Å². The first-order valence-corrected chi connectivity index (χ1v) is 8.79. The third-order valence-corrected chi connectivity index (χ3v) is 5.45. The average molecular weight is 297 g/mol. The molecule has 0 aromatic heterocycles. The van der Waals surface area contributed by atoms with Gasteiger partial charge in [-0.3, -0.25) is 0 Å². The smallest absolute Gasteiger partial charge is 0.240 e. The number of aliphatic hydroxyl groups is 1. The lowest BCUT2D eigenvalue weighted by Crippen LogP contribution is -2.25. The second-order valence-electron chi connectivity index (χ2n) is 5.49. The molecule has 0 bridgehead atoms. The number of hydrogen-bond acceptors (Lipinski definition) is 3. The van der Waals surface area contributed by atoms with E-state index >= 15 is 0 Å². The van der Waals surface area contributed by atoms with E-state index in [-0.39, 0.29) is 11.5 Å². The van der Waals surface area contributed by atoms with Gasteiger partial charge in [0.05, 0.1) is 11.5 Å². The van der Waals surface area contributed by atoms with Gasteiger partial charge in [0.25, 0.3) is 0 Å². The largest absolute Gasteiger partial charge is 0.392 e. The molecule has 0 radical (unpaired) electrons. The standard InChI is InChI=1S/C15H23NO3S/c17-12-14-7-9-15(10-8-14)20(18,19)16-11-3-6-13-4-1-2-5-13/h7-10,13,16-17H,1-6,11-12H2. The third-order valence-electron chi connectivity index (χ3n) is 3.97. The molecule has 1 aliphatic rings. The van der Waals surface area contributed by atoms with Crippen LogP contribution >= 0.6 is 0 Å². The van der Waals surface area contributed by atoms with Crippen molar-refractivity contribution in [2.45, 2.75) is 50.0 Å². The lowest BCUT2D eigenvalue weighted by molar-refractivity contribution is 0.282. The molecule has 1 aromatic carbocycles. The van der Waals surface area contributed by atoms with Gasteiger partial charge in [-0.1, -0.05) is 37.8 Å². The fourth-order valence-corrected chi connectivity index (χ4v) is 3.83. The molecule has 2 rings (SSSR count). The van der Waals surface area contributed by atoms with Gasteiger partial charge in [0.2, 0.25) is 10.0 Å². The molecular weight excluding hydrogens is 274 g/mol. The molecule has 4 nitrogen and oxygen atoms in total. The maximum Gasteiger partial charge on any atom is 0.240 e. The first-order valence-electron chi connectivity index (χ1n) is 7.31. The van der Waals surface area contributed by atoms with Crippen LogP contribution in [0.1, 0.15) is 44.1 Å². The monoisotopic (exact) mass is 297 g/mol. The Labute approximate surface area is 121 Å². The Balaban J connectivity index is 1.80. The SMILES string of the molecule is O=S(=O)(NCCCC1CCCC1)c1ccc(CO)cc1. The number of hydrogen-bond donors (Lipinski definition) is 2. The average Bonchev–Trinajstić information content (AvgIpc) is 2.97. The minimum absolute atomic E-state index is 0.0743. The lowest BCUT2D eigenvalue weighted by Gasteiger charge is -2.10. The van der Waals surface area contributed by atoms with Gasteiger partial charge in [-0.2, -0.15) is 0 Å². The summed E-state index contributed by atoms with van der Waals surface area (Å²) in [6, 6.07) is 6.33. The van der Waals surface area contributed by atoms with E-state index in [1.165, 1.54) is 37.8 Å². The summed E-state index contributed by atoms with van der Waals surface area (Å²) in [5, 5.41) is 8.94. The molecule has 0 spiro atoms. The summed E-state index contributed by atoms with van der Waals surface area (Å²) >= 11 is 0. The highest BCUT2D eigenvalue weighted by Gasteiger charge is 2.16. The van der Waals surface area contributed by atoms with Crippen LogP contribution < -0.4 is 4.72 Å². The van der Waals surface area contributed by atoms with E-state index in [1.807, 2.05) is 0 Å². The number of nitrogens with one attached hydrogen (secondary N) is 1. The highest BCUT2D eigenvalue weighted by molar-refractivity contribution is 7.89. The Morgan fingerprint density at radius 1 is 1.15 bits per heavy atom. The predicted octanol–water partition coefficient (Wildman–Crippen LogP) is 2.43. The van der Waals surface area contributed by atoms with Crippen molar-refractivity contribution in [2.75, 3.05) is 6.54 Å². The van der Waals surface area contributed by atoms with E-state index < -0.39 is 10.0 Å². The first-order chi connectivity index (χ1) is 9.62. The Hall–Kier alpha value is -0.910. The molecule has 2 N–H and O–H groups in total. The highest BCUT2D eigenvalue weighted by Crippen LogP contribution is 2.28. The normalized spacial score (nSPS) is 16.6. The van der Waals surface area contributed by atoms with Gasteiger partial charge < -0.3 is 5.11 Å². The molecule has 0 saturated heterocycles. The van der Waals surface area contributed by atoms with Crippen LogP contribution in [0.2, 0.25) is 0 Å². The van der Waals surface area contributed by atoms with Crippen molar-refractivity contribution < 1.29 is 13.5 Å². The Bertz CT molecular complexity index is 504. The van der Waals surface area contributed by atoms with Crippen molar-refractivity contribution in [3.63, 3.8) is 0 Å². The van der Waals surface area contributed by atoms with Crippen LogP contribution in [0.5, 0.6) is 0 Å². The summed E-state index contributed by atoms with van der Waals surface area (Å²) in [5.74, 6) is 0.795. The Morgan fingerprint density at radius 2 is 1.80 bits per heavy atom. The molecule has 0 unspecified atom stereocenters. The van der Waals surface area contributed by atoms with Crippen LogP contribution in [0.3, 0.4) is 0 Å². The van der Waals surface area contributed by atoms with Gasteiger partial charge in [0, 0.05) is 6.54 Å². The molecule has 112 valence electrons. The minimum Gasteiger partial charge on any atom is -0.392 e. The van der Waals surface area contributed by atoms with E-state index in [0.717, 1.165) is 18.8 Å². The van der Waals surface area contributed by atoms with Crippen molar-refractivity contribution in [2.24, 2.45) is 5.92 Å². The van der Waals surface area contributed by atoms with E-state index in [4.69, 9.17) is 5.11 Å². The zero-order chi connectivity index (χ0) is 14.4. The van der Waals surface area contributed by atoms with Crippen molar-refractivity contribution >= 4 is 10.0 Å². The number of benzene rings is 1. The van der Waals surface area contributed by atoms with Crippen LogP contribution in [0.15, 0.2) is 29.2 Å². The molecular formula is C15H23NO3S. The molecule has 0 aliphatic heterocycles. The van der Waals surface area contributed by atoms with Crippen LogP contribution in [-0.2, 0) is 16.6 Å². The maximum atomic E-state index is 12.1. The van der Waals surface area contributed by atoms with E-state index in [9.17, 15) is 8.42 Å². The van der Waals surface area contributed by atoms with Crippen molar-refractivity contribution in [1.29, 1.82) is 0 Å². The van der Waals surface area contributed by atoms with Crippen LogP contribution in [0.25, 0.3) is 0 Å².